The highest BCUT2D eigenvalue weighted by molar-refractivity contribution is 5.91. The molecule has 1 atom stereocenters. The average molecular weight is 320 g/mol. The van der Waals surface area contributed by atoms with Gasteiger partial charge in [0.1, 0.15) is 5.82 Å². The molecule has 126 valence electrons. The fraction of sp³-hybridized carbons (Fsp3) is 0.688. The third-order valence-electron chi connectivity index (χ3n) is 4.83. The number of anilines is 1. The van der Waals surface area contributed by atoms with Crippen LogP contribution in [0.15, 0.2) is 12.3 Å². The Balaban J connectivity index is 1.55. The SMILES string of the molecule is O=C(CN1CCCC(C(=O)O)C1)Nc1ccnn1C1CCCC1. The lowest BCUT2D eigenvalue weighted by Crippen LogP contribution is -2.42. The van der Waals surface area contributed by atoms with Crippen molar-refractivity contribution in [2.45, 2.75) is 44.6 Å². The van der Waals surface area contributed by atoms with Crippen LogP contribution in [-0.2, 0) is 9.59 Å². The number of likely N-dealkylation sites (tertiary alicyclic amines) is 1. The number of carboxylic acid groups (broad SMARTS) is 1. The second-order valence-corrected chi connectivity index (χ2v) is 6.56. The van der Waals surface area contributed by atoms with Gasteiger partial charge < -0.3 is 10.4 Å². The molecule has 0 bridgehead atoms. The number of hydrogen-bond donors (Lipinski definition) is 2. The van der Waals surface area contributed by atoms with E-state index in [1.807, 2.05) is 15.6 Å². The number of nitrogens with one attached hydrogen (secondary N) is 1. The summed E-state index contributed by atoms with van der Waals surface area (Å²) in [5.41, 5.74) is 0. The highest BCUT2D eigenvalue weighted by atomic mass is 16.4. The molecule has 7 nitrogen and oxygen atoms in total. The van der Waals surface area contributed by atoms with E-state index in [0.29, 0.717) is 19.0 Å². The molecule has 1 aromatic rings. The summed E-state index contributed by atoms with van der Waals surface area (Å²) >= 11 is 0. The van der Waals surface area contributed by atoms with Crippen molar-refractivity contribution in [2.24, 2.45) is 5.92 Å². The van der Waals surface area contributed by atoms with Gasteiger partial charge in [-0.2, -0.15) is 5.10 Å². The molecule has 1 saturated carbocycles. The minimum atomic E-state index is -0.769. The van der Waals surface area contributed by atoms with Crippen LogP contribution in [0.3, 0.4) is 0 Å². The van der Waals surface area contributed by atoms with E-state index in [2.05, 4.69) is 10.4 Å². The quantitative estimate of drug-likeness (QED) is 0.863. The zero-order chi connectivity index (χ0) is 16.2. The molecule has 2 N–H and O–H groups in total. The molecule has 1 unspecified atom stereocenters. The van der Waals surface area contributed by atoms with Crippen molar-refractivity contribution in [3.63, 3.8) is 0 Å². The first kappa shape index (κ1) is 16.0. The zero-order valence-corrected chi connectivity index (χ0v) is 13.3. The summed E-state index contributed by atoms with van der Waals surface area (Å²) in [5, 5.41) is 16.4. The van der Waals surface area contributed by atoms with Crippen molar-refractivity contribution in [2.75, 3.05) is 25.0 Å². The van der Waals surface area contributed by atoms with Gasteiger partial charge in [-0.1, -0.05) is 12.8 Å². The summed E-state index contributed by atoms with van der Waals surface area (Å²) in [4.78, 5) is 25.3. The van der Waals surface area contributed by atoms with E-state index in [1.54, 1.807) is 6.20 Å². The molecule has 0 spiro atoms. The molecule has 1 amide bonds. The predicted molar refractivity (Wildman–Crippen MR) is 85.2 cm³/mol. The number of piperidine rings is 1. The molecular weight excluding hydrogens is 296 g/mol. The molecule has 2 fully saturated rings. The Morgan fingerprint density at radius 3 is 2.78 bits per heavy atom. The molecule has 1 aliphatic heterocycles. The molecule has 7 heteroatoms. The van der Waals surface area contributed by atoms with E-state index >= 15 is 0 Å². The third-order valence-corrected chi connectivity index (χ3v) is 4.83. The lowest BCUT2D eigenvalue weighted by molar-refractivity contribution is -0.144. The molecular formula is C16H24N4O3. The van der Waals surface area contributed by atoms with E-state index in [4.69, 9.17) is 5.11 Å². The van der Waals surface area contributed by atoms with Crippen molar-refractivity contribution >= 4 is 17.7 Å². The maximum Gasteiger partial charge on any atom is 0.307 e. The summed E-state index contributed by atoms with van der Waals surface area (Å²) in [6.45, 7) is 1.46. The number of aromatic nitrogens is 2. The van der Waals surface area contributed by atoms with E-state index in [9.17, 15) is 9.59 Å². The number of carbonyl (C=O) groups is 2. The third kappa shape index (κ3) is 3.90. The van der Waals surface area contributed by atoms with Gasteiger partial charge in [0.2, 0.25) is 5.91 Å². The average Bonchev–Trinajstić information content (AvgIpc) is 3.18. The van der Waals surface area contributed by atoms with Crippen molar-refractivity contribution < 1.29 is 14.7 Å². The second-order valence-electron chi connectivity index (χ2n) is 6.56. The lowest BCUT2D eigenvalue weighted by Gasteiger charge is -2.30. The fourth-order valence-electron chi connectivity index (χ4n) is 3.64. The molecule has 0 radical (unpaired) electrons. The van der Waals surface area contributed by atoms with Crippen molar-refractivity contribution in [1.82, 2.24) is 14.7 Å². The highest BCUT2D eigenvalue weighted by Crippen LogP contribution is 2.31. The smallest absolute Gasteiger partial charge is 0.307 e. The summed E-state index contributed by atoms with van der Waals surface area (Å²) in [6.07, 6.45) is 7.87. The number of amides is 1. The number of nitrogens with zero attached hydrogens (tertiary/aromatic N) is 3. The van der Waals surface area contributed by atoms with Gasteiger partial charge in [0.05, 0.1) is 24.7 Å². The van der Waals surface area contributed by atoms with Crippen LogP contribution in [0.4, 0.5) is 5.82 Å². The minimum absolute atomic E-state index is 0.101. The number of carbonyl (C=O) groups excluding carboxylic acids is 1. The van der Waals surface area contributed by atoms with Gasteiger partial charge in [-0.05, 0) is 32.2 Å². The van der Waals surface area contributed by atoms with Crippen molar-refractivity contribution in [3.8, 4) is 0 Å². The van der Waals surface area contributed by atoms with Gasteiger partial charge in [-0.15, -0.1) is 0 Å². The number of rotatable bonds is 5. The molecule has 1 aromatic heterocycles. The molecule has 23 heavy (non-hydrogen) atoms. The van der Waals surface area contributed by atoms with Crippen LogP contribution in [0, 0.1) is 5.92 Å². The summed E-state index contributed by atoms with van der Waals surface area (Å²) in [5.74, 6) is -0.487. The molecule has 0 aromatic carbocycles. The Labute approximate surface area is 135 Å². The van der Waals surface area contributed by atoms with Gasteiger partial charge in [-0.3, -0.25) is 14.5 Å². The summed E-state index contributed by atoms with van der Waals surface area (Å²) in [6, 6.07) is 2.21. The maximum absolute atomic E-state index is 12.3. The van der Waals surface area contributed by atoms with Crippen molar-refractivity contribution in [1.29, 1.82) is 0 Å². The molecule has 3 rings (SSSR count). The number of hydrogen-bond acceptors (Lipinski definition) is 4. The zero-order valence-electron chi connectivity index (χ0n) is 13.3. The highest BCUT2D eigenvalue weighted by Gasteiger charge is 2.27. The van der Waals surface area contributed by atoms with Crippen LogP contribution in [-0.4, -0.2) is 51.3 Å². The predicted octanol–water partition coefficient (Wildman–Crippen LogP) is 1.73. The second kappa shape index (κ2) is 7.12. The van der Waals surface area contributed by atoms with Crippen LogP contribution in [0.5, 0.6) is 0 Å². The van der Waals surface area contributed by atoms with E-state index in [1.165, 1.54) is 12.8 Å². The Hall–Kier alpha value is -1.89. The summed E-state index contributed by atoms with van der Waals surface area (Å²) < 4.78 is 1.92. The molecule has 1 aliphatic carbocycles. The Bertz CT molecular complexity index is 565. The van der Waals surface area contributed by atoms with Crippen LogP contribution >= 0.6 is 0 Å². The van der Waals surface area contributed by atoms with Gasteiger partial charge in [0.15, 0.2) is 0 Å². The fourth-order valence-corrected chi connectivity index (χ4v) is 3.64. The topological polar surface area (TPSA) is 87.5 Å². The molecule has 2 heterocycles. The Morgan fingerprint density at radius 1 is 1.26 bits per heavy atom. The van der Waals surface area contributed by atoms with Gasteiger partial charge in [-0.25, -0.2) is 4.68 Å². The largest absolute Gasteiger partial charge is 0.481 e. The van der Waals surface area contributed by atoms with Crippen LogP contribution in [0.25, 0.3) is 0 Å². The maximum atomic E-state index is 12.3. The van der Waals surface area contributed by atoms with Gasteiger partial charge in [0, 0.05) is 12.6 Å². The van der Waals surface area contributed by atoms with Crippen LogP contribution in [0.2, 0.25) is 0 Å². The lowest BCUT2D eigenvalue weighted by atomic mass is 9.98. The van der Waals surface area contributed by atoms with Crippen LogP contribution in [0.1, 0.15) is 44.6 Å². The van der Waals surface area contributed by atoms with Crippen LogP contribution < -0.4 is 5.32 Å². The van der Waals surface area contributed by atoms with Gasteiger partial charge >= 0.3 is 5.97 Å². The summed E-state index contributed by atoms with van der Waals surface area (Å²) in [7, 11) is 0. The molecule has 2 aliphatic rings. The molecule has 1 saturated heterocycles. The Kier molecular flexibility index (Phi) is 4.95. The normalized spacial score (nSPS) is 23.0. The standard InChI is InChI=1S/C16H24N4O3/c21-15(11-19-9-3-4-12(10-19)16(22)23)18-14-7-8-17-20(14)13-5-1-2-6-13/h7-8,12-13H,1-6,9-11H2,(H,18,21)(H,22,23). The van der Waals surface area contributed by atoms with E-state index < -0.39 is 5.97 Å². The van der Waals surface area contributed by atoms with E-state index in [0.717, 1.165) is 31.6 Å². The first-order valence-electron chi connectivity index (χ1n) is 8.42. The monoisotopic (exact) mass is 320 g/mol. The minimum Gasteiger partial charge on any atom is -0.481 e. The van der Waals surface area contributed by atoms with Crippen molar-refractivity contribution in [3.05, 3.63) is 12.3 Å². The number of carboxylic acids is 1. The first-order chi connectivity index (χ1) is 11.1. The Morgan fingerprint density at radius 2 is 2.04 bits per heavy atom. The van der Waals surface area contributed by atoms with E-state index in [-0.39, 0.29) is 18.4 Å². The number of aliphatic carboxylic acids is 1. The van der Waals surface area contributed by atoms with Gasteiger partial charge in [0.25, 0.3) is 0 Å². The first-order valence-corrected chi connectivity index (χ1v) is 8.42.